The quantitative estimate of drug-likeness (QED) is 0.845. The van der Waals surface area contributed by atoms with Crippen LogP contribution in [-0.2, 0) is 13.2 Å². The minimum Gasteiger partial charge on any atom is -0.491 e. The van der Waals surface area contributed by atoms with Crippen LogP contribution in [0.5, 0.6) is 5.75 Å². The molecule has 0 spiro atoms. The van der Waals surface area contributed by atoms with Gasteiger partial charge in [0, 0.05) is 13.6 Å². The number of aryl methyl sites for hydroxylation is 1. The second-order valence-electron chi connectivity index (χ2n) is 4.57. The third-order valence-electron chi connectivity index (χ3n) is 2.95. The molecule has 0 radical (unpaired) electrons. The van der Waals surface area contributed by atoms with E-state index in [0.717, 1.165) is 10.7 Å². The Morgan fingerprint density at radius 3 is 2.74 bits per heavy atom. The number of anilines is 1. The molecule has 0 saturated heterocycles. The van der Waals surface area contributed by atoms with Crippen LogP contribution in [0.2, 0.25) is 5.02 Å². The van der Waals surface area contributed by atoms with E-state index in [-0.39, 0.29) is 23.9 Å². The van der Waals surface area contributed by atoms with E-state index in [1.807, 2.05) is 0 Å². The van der Waals surface area contributed by atoms with Crippen molar-refractivity contribution in [1.29, 1.82) is 0 Å². The lowest BCUT2D eigenvalue weighted by Gasteiger charge is -2.14. The van der Waals surface area contributed by atoms with E-state index in [1.54, 1.807) is 0 Å². The molecule has 2 aromatic rings. The summed E-state index contributed by atoms with van der Waals surface area (Å²) in [6, 6.07) is 4.94. The van der Waals surface area contributed by atoms with Crippen LogP contribution >= 0.6 is 11.6 Å². The zero-order valence-corrected chi connectivity index (χ0v) is 12.8. The third kappa shape index (κ3) is 4.16. The number of hydrogen-bond acceptors (Lipinski definition) is 4. The Morgan fingerprint density at radius 2 is 2.04 bits per heavy atom. The molecule has 0 amide bonds. The highest BCUT2D eigenvalue weighted by Gasteiger charge is 2.33. The monoisotopic (exact) mass is 347 g/mol. The summed E-state index contributed by atoms with van der Waals surface area (Å²) in [6.07, 6.45) is -3.13. The number of hydrogen-bond donors (Lipinski definition) is 1. The molecule has 1 aromatic heterocycles. The molecule has 0 aliphatic heterocycles. The van der Waals surface area contributed by atoms with Crippen LogP contribution in [0.4, 0.5) is 18.9 Å². The number of aromatic nitrogens is 2. The lowest BCUT2D eigenvalue weighted by atomic mass is 10.2. The fourth-order valence-electron chi connectivity index (χ4n) is 1.81. The summed E-state index contributed by atoms with van der Waals surface area (Å²) in [7, 11) is 1.45. The maximum absolute atomic E-state index is 12.8. The predicted octanol–water partition coefficient (Wildman–Crippen LogP) is 2.94. The van der Waals surface area contributed by atoms with Crippen molar-refractivity contribution < 1.29 is 17.9 Å². The Bertz CT molecular complexity index is 747. The average molecular weight is 348 g/mol. The van der Waals surface area contributed by atoms with Crippen molar-refractivity contribution in [2.75, 3.05) is 18.5 Å². The van der Waals surface area contributed by atoms with E-state index < -0.39 is 17.3 Å². The average Bonchev–Trinajstić information content (AvgIpc) is 2.50. The molecule has 2 rings (SSSR count). The number of para-hydroxylation sites is 1. The summed E-state index contributed by atoms with van der Waals surface area (Å²) in [5.41, 5.74) is -1.02. The largest absolute Gasteiger partial charge is 0.491 e. The number of nitrogens with one attached hydrogen (secondary N) is 1. The summed E-state index contributed by atoms with van der Waals surface area (Å²) in [4.78, 5) is 11.6. The van der Waals surface area contributed by atoms with E-state index >= 15 is 0 Å². The molecule has 1 heterocycles. The summed E-state index contributed by atoms with van der Waals surface area (Å²) in [6.45, 7) is 0.111. The first-order valence-corrected chi connectivity index (χ1v) is 6.93. The van der Waals surface area contributed by atoms with Crippen molar-refractivity contribution in [3.63, 3.8) is 0 Å². The number of alkyl halides is 3. The van der Waals surface area contributed by atoms with Gasteiger partial charge < -0.3 is 10.1 Å². The van der Waals surface area contributed by atoms with Gasteiger partial charge >= 0.3 is 6.18 Å². The molecule has 0 aliphatic carbocycles. The number of benzene rings is 1. The normalized spacial score (nSPS) is 11.3. The second-order valence-corrected chi connectivity index (χ2v) is 4.95. The van der Waals surface area contributed by atoms with Gasteiger partial charge in [0.1, 0.15) is 17.4 Å². The zero-order valence-electron chi connectivity index (χ0n) is 12.0. The van der Waals surface area contributed by atoms with Gasteiger partial charge in [-0.2, -0.15) is 18.3 Å². The van der Waals surface area contributed by atoms with Crippen molar-refractivity contribution in [3.05, 3.63) is 51.4 Å². The maximum atomic E-state index is 12.8. The molecule has 9 heteroatoms. The number of ether oxygens (including phenoxy) is 1. The fourth-order valence-corrected chi connectivity index (χ4v) is 2.05. The predicted molar refractivity (Wildman–Crippen MR) is 79.9 cm³/mol. The van der Waals surface area contributed by atoms with Crippen molar-refractivity contribution in [1.82, 2.24) is 9.78 Å². The summed E-state index contributed by atoms with van der Waals surface area (Å²) in [5.74, 6) is -0.255. The Balaban J connectivity index is 1.97. The minimum absolute atomic E-state index is 0.0430. The fraction of sp³-hybridized carbons (Fsp3) is 0.286. The number of rotatable bonds is 5. The molecular weight excluding hydrogens is 335 g/mol. The Morgan fingerprint density at radius 1 is 1.35 bits per heavy atom. The van der Waals surface area contributed by atoms with Gasteiger partial charge in [0.25, 0.3) is 5.56 Å². The smallest absolute Gasteiger partial charge is 0.419 e. The van der Waals surface area contributed by atoms with Crippen molar-refractivity contribution in [2.45, 2.75) is 6.18 Å². The van der Waals surface area contributed by atoms with Gasteiger partial charge in [-0.15, -0.1) is 0 Å². The summed E-state index contributed by atoms with van der Waals surface area (Å²) >= 11 is 5.85. The first-order chi connectivity index (χ1) is 10.8. The van der Waals surface area contributed by atoms with Crippen LogP contribution in [0, 0.1) is 0 Å². The Kier molecular flexibility index (Phi) is 5.15. The molecule has 5 nitrogen and oxygen atoms in total. The summed E-state index contributed by atoms with van der Waals surface area (Å²) in [5, 5.41) is 6.54. The van der Waals surface area contributed by atoms with Crippen LogP contribution in [0.25, 0.3) is 0 Å². The van der Waals surface area contributed by atoms with E-state index in [0.29, 0.717) is 5.69 Å². The highest BCUT2D eigenvalue weighted by Crippen LogP contribution is 2.35. The first kappa shape index (κ1) is 17.1. The second kappa shape index (κ2) is 6.91. The molecule has 1 aromatic carbocycles. The third-order valence-corrected chi connectivity index (χ3v) is 3.31. The minimum atomic E-state index is -4.48. The molecule has 0 bridgehead atoms. The van der Waals surface area contributed by atoms with Gasteiger partial charge in [-0.3, -0.25) is 4.79 Å². The molecule has 0 atom stereocenters. The molecule has 23 heavy (non-hydrogen) atoms. The molecule has 124 valence electrons. The summed E-state index contributed by atoms with van der Waals surface area (Å²) < 4.78 is 44.6. The molecule has 0 aliphatic rings. The maximum Gasteiger partial charge on any atom is 0.419 e. The van der Waals surface area contributed by atoms with Gasteiger partial charge in [0.2, 0.25) is 0 Å². The van der Waals surface area contributed by atoms with Crippen molar-refractivity contribution >= 4 is 17.3 Å². The number of nitrogens with zero attached hydrogens (tertiary/aromatic N) is 2. The SMILES string of the molecule is Cn1ncc(NCCOc2ccccc2C(F)(F)F)c(Cl)c1=O. The lowest BCUT2D eigenvalue weighted by Crippen LogP contribution is -2.22. The van der Waals surface area contributed by atoms with Gasteiger partial charge in [-0.25, -0.2) is 4.68 Å². The van der Waals surface area contributed by atoms with Crippen molar-refractivity contribution in [3.8, 4) is 5.75 Å². The van der Waals surface area contributed by atoms with Gasteiger partial charge in [0.15, 0.2) is 0 Å². The van der Waals surface area contributed by atoms with Crippen LogP contribution in [-0.4, -0.2) is 22.9 Å². The van der Waals surface area contributed by atoms with Crippen LogP contribution in [0.15, 0.2) is 35.3 Å². The van der Waals surface area contributed by atoms with E-state index in [1.165, 1.54) is 31.4 Å². The number of halogens is 4. The molecule has 1 N–H and O–H groups in total. The van der Waals surface area contributed by atoms with Crippen molar-refractivity contribution in [2.24, 2.45) is 7.05 Å². The highest BCUT2D eigenvalue weighted by molar-refractivity contribution is 6.32. The van der Waals surface area contributed by atoms with Crippen LogP contribution in [0.1, 0.15) is 5.56 Å². The van der Waals surface area contributed by atoms with E-state index in [9.17, 15) is 18.0 Å². The van der Waals surface area contributed by atoms with Gasteiger partial charge in [-0.1, -0.05) is 23.7 Å². The van der Waals surface area contributed by atoms with E-state index in [4.69, 9.17) is 16.3 Å². The van der Waals surface area contributed by atoms with E-state index in [2.05, 4.69) is 10.4 Å². The zero-order chi connectivity index (χ0) is 17.0. The molecule has 0 unspecified atom stereocenters. The topological polar surface area (TPSA) is 56.1 Å². The Labute approximate surface area is 134 Å². The highest BCUT2D eigenvalue weighted by atomic mass is 35.5. The van der Waals surface area contributed by atoms with Crippen LogP contribution < -0.4 is 15.6 Å². The molecular formula is C14H13ClF3N3O2. The van der Waals surface area contributed by atoms with Crippen LogP contribution in [0.3, 0.4) is 0 Å². The lowest BCUT2D eigenvalue weighted by molar-refractivity contribution is -0.138. The Hall–Kier alpha value is -2.22. The molecule has 0 fully saturated rings. The van der Waals surface area contributed by atoms with Gasteiger partial charge in [-0.05, 0) is 12.1 Å². The standard InChI is InChI=1S/C14H13ClF3N3O2/c1-21-13(22)12(15)10(8-20-21)19-6-7-23-11-5-3-2-4-9(11)14(16,17)18/h2-5,8,19H,6-7H2,1H3. The molecule has 0 saturated carbocycles. The van der Waals surface area contributed by atoms with Gasteiger partial charge in [0.05, 0.1) is 17.4 Å². The first-order valence-electron chi connectivity index (χ1n) is 6.55.